The summed E-state index contributed by atoms with van der Waals surface area (Å²) in [5.74, 6) is 0. The first kappa shape index (κ1) is 11.5. The van der Waals surface area contributed by atoms with Crippen molar-refractivity contribution < 1.29 is 0 Å². The highest BCUT2D eigenvalue weighted by molar-refractivity contribution is 5.55. The number of hydrogen-bond donors (Lipinski definition) is 2. The second-order valence-electron chi connectivity index (χ2n) is 4.58. The van der Waals surface area contributed by atoms with Crippen LogP contribution in [0.3, 0.4) is 0 Å². The van der Waals surface area contributed by atoms with Crippen molar-refractivity contribution in [2.75, 3.05) is 11.5 Å². The van der Waals surface area contributed by atoms with E-state index in [1.807, 2.05) is 24.3 Å². The molecule has 88 valence electrons. The Bertz CT molecular complexity index is 495. The van der Waals surface area contributed by atoms with Crippen molar-refractivity contribution in [1.82, 2.24) is 0 Å². The highest BCUT2D eigenvalue weighted by Crippen LogP contribution is 2.22. The first-order valence-electron chi connectivity index (χ1n) is 5.76. The highest BCUT2D eigenvalue weighted by atomic mass is 14.6. The fraction of sp³-hybridized carbons (Fsp3) is 0.200. The summed E-state index contributed by atoms with van der Waals surface area (Å²) in [5.41, 5.74) is 18.4. The molecule has 2 nitrogen and oxygen atoms in total. The molecule has 0 aliphatic carbocycles. The Hall–Kier alpha value is -1.96. The van der Waals surface area contributed by atoms with Gasteiger partial charge >= 0.3 is 0 Å². The van der Waals surface area contributed by atoms with Gasteiger partial charge in [0.2, 0.25) is 0 Å². The summed E-state index contributed by atoms with van der Waals surface area (Å²) >= 11 is 0. The molecule has 17 heavy (non-hydrogen) atoms. The van der Waals surface area contributed by atoms with Gasteiger partial charge in [-0.15, -0.1) is 0 Å². The smallest absolute Gasteiger partial charge is 0.0350 e. The van der Waals surface area contributed by atoms with Crippen LogP contribution in [0.5, 0.6) is 0 Å². The van der Waals surface area contributed by atoms with E-state index in [0.29, 0.717) is 0 Å². The summed E-state index contributed by atoms with van der Waals surface area (Å²) < 4.78 is 0. The minimum Gasteiger partial charge on any atom is -0.398 e. The van der Waals surface area contributed by atoms with E-state index >= 15 is 0 Å². The van der Waals surface area contributed by atoms with Crippen molar-refractivity contribution in [3.05, 3.63) is 58.7 Å². The van der Waals surface area contributed by atoms with Gasteiger partial charge in [-0.2, -0.15) is 0 Å². The van der Waals surface area contributed by atoms with Gasteiger partial charge in [0.05, 0.1) is 0 Å². The predicted octanol–water partition coefficient (Wildman–Crippen LogP) is 3.06. The summed E-state index contributed by atoms with van der Waals surface area (Å²) in [5, 5.41) is 0. The molecule has 2 heteroatoms. The van der Waals surface area contributed by atoms with E-state index in [1.54, 1.807) is 0 Å². The van der Waals surface area contributed by atoms with Crippen LogP contribution in [0.4, 0.5) is 11.4 Å². The van der Waals surface area contributed by atoms with Gasteiger partial charge in [-0.1, -0.05) is 35.4 Å². The molecule has 0 spiro atoms. The van der Waals surface area contributed by atoms with Crippen molar-refractivity contribution in [1.29, 1.82) is 0 Å². The third-order valence-electron chi connectivity index (χ3n) is 2.98. The lowest BCUT2D eigenvalue weighted by atomic mass is 9.99. The largest absolute Gasteiger partial charge is 0.398 e. The average molecular weight is 226 g/mol. The van der Waals surface area contributed by atoms with Crippen LogP contribution >= 0.6 is 0 Å². The second kappa shape index (κ2) is 4.50. The Labute approximate surface area is 102 Å². The van der Waals surface area contributed by atoms with Crippen LogP contribution in [0.1, 0.15) is 22.3 Å². The van der Waals surface area contributed by atoms with Crippen LogP contribution in [-0.4, -0.2) is 0 Å². The molecule has 4 N–H and O–H groups in total. The van der Waals surface area contributed by atoms with Crippen LogP contribution < -0.4 is 11.5 Å². The minimum absolute atomic E-state index is 0.793. The number of nitrogen functional groups attached to an aromatic ring is 2. The highest BCUT2D eigenvalue weighted by Gasteiger charge is 2.04. The molecule has 0 saturated heterocycles. The zero-order valence-corrected chi connectivity index (χ0v) is 10.3. The van der Waals surface area contributed by atoms with E-state index in [1.165, 1.54) is 11.1 Å². The summed E-state index contributed by atoms with van der Waals surface area (Å²) in [6.45, 7) is 4.14. The molecule has 2 aromatic rings. The van der Waals surface area contributed by atoms with Gasteiger partial charge < -0.3 is 11.5 Å². The van der Waals surface area contributed by atoms with E-state index in [-0.39, 0.29) is 0 Å². The van der Waals surface area contributed by atoms with E-state index in [0.717, 1.165) is 28.9 Å². The van der Waals surface area contributed by atoms with Gasteiger partial charge in [-0.25, -0.2) is 0 Å². The normalized spacial score (nSPS) is 10.5. The van der Waals surface area contributed by atoms with Crippen molar-refractivity contribution in [3.63, 3.8) is 0 Å². The Morgan fingerprint density at radius 2 is 1.18 bits per heavy atom. The second-order valence-corrected chi connectivity index (χ2v) is 4.58. The minimum atomic E-state index is 0.793. The maximum absolute atomic E-state index is 5.98. The van der Waals surface area contributed by atoms with Crippen LogP contribution in [0.15, 0.2) is 36.4 Å². The Morgan fingerprint density at radius 1 is 0.765 bits per heavy atom. The Kier molecular flexibility index (Phi) is 3.05. The molecule has 0 unspecified atom stereocenters. The lowest BCUT2D eigenvalue weighted by Crippen LogP contribution is -2.00. The number of anilines is 2. The maximum atomic E-state index is 5.98. The van der Waals surface area contributed by atoms with Gasteiger partial charge in [0.1, 0.15) is 0 Å². The molecule has 0 aliphatic rings. The lowest BCUT2D eigenvalue weighted by Gasteiger charge is -2.10. The van der Waals surface area contributed by atoms with E-state index < -0.39 is 0 Å². The molecule has 0 atom stereocenters. The van der Waals surface area contributed by atoms with E-state index in [9.17, 15) is 0 Å². The summed E-state index contributed by atoms with van der Waals surface area (Å²) in [6, 6.07) is 12.2. The topological polar surface area (TPSA) is 52.0 Å². The number of aryl methyl sites for hydroxylation is 2. The molecular formula is C15H18N2. The molecule has 2 aromatic carbocycles. The van der Waals surface area contributed by atoms with Crippen LogP contribution in [0.25, 0.3) is 0 Å². The summed E-state index contributed by atoms with van der Waals surface area (Å²) in [6.07, 6.45) is 0.793. The Morgan fingerprint density at radius 3 is 1.59 bits per heavy atom. The maximum Gasteiger partial charge on any atom is 0.0350 e. The van der Waals surface area contributed by atoms with Crippen molar-refractivity contribution in [3.8, 4) is 0 Å². The molecule has 0 radical (unpaired) electrons. The third-order valence-corrected chi connectivity index (χ3v) is 2.98. The molecule has 0 bridgehead atoms. The van der Waals surface area contributed by atoms with Crippen LogP contribution in [0, 0.1) is 13.8 Å². The van der Waals surface area contributed by atoms with Crippen LogP contribution in [-0.2, 0) is 6.42 Å². The SMILES string of the molecule is Cc1ccc(N)c(Cc2cc(C)ccc2N)c1. The fourth-order valence-electron chi connectivity index (χ4n) is 1.98. The standard InChI is InChI=1S/C15H18N2/c1-10-3-5-14(16)12(7-10)9-13-8-11(2)4-6-15(13)17/h3-8H,9,16-17H2,1-2H3. The molecule has 0 fully saturated rings. The Balaban J connectivity index is 2.37. The van der Waals surface area contributed by atoms with Gasteiger partial charge in [-0.05, 0) is 37.1 Å². The fourth-order valence-corrected chi connectivity index (χ4v) is 1.98. The monoisotopic (exact) mass is 226 g/mol. The molecule has 2 rings (SSSR count). The van der Waals surface area contributed by atoms with Crippen LogP contribution in [0.2, 0.25) is 0 Å². The van der Waals surface area contributed by atoms with E-state index in [4.69, 9.17) is 11.5 Å². The zero-order valence-electron chi connectivity index (χ0n) is 10.3. The first-order valence-corrected chi connectivity index (χ1v) is 5.76. The quantitative estimate of drug-likeness (QED) is 0.773. The molecule has 0 saturated carbocycles. The zero-order chi connectivity index (χ0) is 12.4. The molecule has 0 heterocycles. The number of hydrogen-bond acceptors (Lipinski definition) is 2. The number of benzene rings is 2. The molecule has 0 amide bonds. The van der Waals surface area contributed by atoms with Crippen molar-refractivity contribution in [2.24, 2.45) is 0 Å². The van der Waals surface area contributed by atoms with Crippen molar-refractivity contribution in [2.45, 2.75) is 20.3 Å². The first-order chi connectivity index (χ1) is 8.06. The third kappa shape index (κ3) is 2.59. The summed E-state index contributed by atoms with van der Waals surface area (Å²) in [7, 11) is 0. The van der Waals surface area contributed by atoms with Crippen molar-refractivity contribution >= 4 is 11.4 Å². The molecular weight excluding hydrogens is 208 g/mol. The van der Waals surface area contributed by atoms with Gasteiger partial charge in [-0.3, -0.25) is 0 Å². The average Bonchev–Trinajstić information content (AvgIpc) is 2.28. The van der Waals surface area contributed by atoms with Gasteiger partial charge in [0, 0.05) is 17.8 Å². The molecule has 0 aliphatic heterocycles. The van der Waals surface area contributed by atoms with E-state index in [2.05, 4.69) is 26.0 Å². The number of rotatable bonds is 2. The van der Waals surface area contributed by atoms with Gasteiger partial charge in [0.15, 0.2) is 0 Å². The number of nitrogens with two attached hydrogens (primary N) is 2. The predicted molar refractivity (Wildman–Crippen MR) is 74.0 cm³/mol. The summed E-state index contributed by atoms with van der Waals surface area (Å²) in [4.78, 5) is 0. The molecule has 0 aromatic heterocycles. The lowest BCUT2D eigenvalue weighted by molar-refractivity contribution is 1.18. The van der Waals surface area contributed by atoms with Gasteiger partial charge in [0.25, 0.3) is 0 Å².